The number of carbonyl (C=O) groups excluding carboxylic acids is 1. The van der Waals surface area contributed by atoms with Gasteiger partial charge in [0.2, 0.25) is 0 Å². The lowest BCUT2D eigenvalue weighted by atomic mass is 10.1. The molecule has 0 unspecified atom stereocenters. The van der Waals surface area contributed by atoms with E-state index in [2.05, 4.69) is 45.8 Å². The highest BCUT2D eigenvalue weighted by Gasteiger charge is 2.30. The van der Waals surface area contributed by atoms with Crippen molar-refractivity contribution >= 4 is 33.2 Å². The van der Waals surface area contributed by atoms with Gasteiger partial charge in [-0.3, -0.25) is 4.79 Å². The van der Waals surface area contributed by atoms with Gasteiger partial charge in [0.25, 0.3) is 5.91 Å². The van der Waals surface area contributed by atoms with Gasteiger partial charge in [-0.1, -0.05) is 22.0 Å². The van der Waals surface area contributed by atoms with Gasteiger partial charge in [-0.15, -0.1) is 11.3 Å². The van der Waals surface area contributed by atoms with E-state index in [0.717, 1.165) is 17.6 Å². The first-order chi connectivity index (χ1) is 11.6. The SMILES string of the molecule is C[NH+]1CC[NH+]([C@H](CNC(=O)c2ccc(Br)cc2)c2cccs2)CC1. The molecule has 1 aliphatic rings. The quantitative estimate of drug-likeness (QED) is 0.656. The highest BCUT2D eigenvalue weighted by atomic mass is 79.9. The van der Waals surface area contributed by atoms with Crippen LogP contribution in [0.1, 0.15) is 21.3 Å². The van der Waals surface area contributed by atoms with Gasteiger partial charge in [0.1, 0.15) is 32.2 Å². The first-order valence-electron chi connectivity index (χ1n) is 8.36. The molecular weight excluding hydrogens is 386 g/mol. The third-order valence-electron chi connectivity index (χ3n) is 4.70. The first kappa shape index (κ1) is 17.6. The zero-order chi connectivity index (χ0) is 16.9. The number of amides is 1. The second-order valence-electron chi connectivity index (χ2n) is 6.40. The number of carbonyl (C=O) groups is 1. The van der Waals surface area contributed by atoms with Gasteiger partial charge in [0.15, 0.2) is 0 Å². The van der Waals surface area contributed by atoms with Crippen LogP contribution in [0, 0.1) is 0 Å². The molecule has 2 aromatic rings. The van der Waals surface area contributed by atoms with Crippen LogP contribution in [-0.2, 0) is 0 Å². The predicted molar refractivity (Wildman–Crippen MR) is 101 cm³/mol. The van der Waals surface area contributed by atoms with Crippen LogP contribution >= 0.6 is 27.3 Å². The molecule has 3 rings (SSSR count). The van der Waals surface area contributed by atoms with Crippen molar-refractivity contribution in [3.63, 3.8) is 0 Å². The summed E-state index contributed by atoms with van der Waals surface area (Å²) in [4.78, 5) is 17.0. The summed E-state index contributed by atoms with van der Waals surface area (Å²) in [5.74, 6) is 0.00297. The normalized spacial score (nSPS) is 22.1. The van der Waals surface area contributed by atoms with Crippen LogP contribution in [0.2, 0.25) is 0 Å². The number of likely N-dealkylation sites (N-methyl/N-ethyl adjacent to an activating group) is 1. The van der Waals surface area contributed by atoms with Crippen molar-refractivity contribution in [1.29, 1.82) is 0 Å². The van der Waals surface area contributed by atoms with E-state index in [9.17, 15) is 4.79 Å². The van der Waals surface area contributed by atoms with Gasteiger partial charge in [-0.05, 0) is 35.7 Å². The third-order valence-corrected chi connectivity index (χ3v) is 6.21. The number of quaternary nitrogens is 2. The molecule has 1 atom stereocenters. The van der Waals surface area contributed by atoms with Crippen LogP contribution in [-0.4, -0.2) is 45.7 Å². The summed E-state index contributed by atoms with van der Waals surface area (Å²) in [6.07, 6.45) is 0. The van der Waals surface area contributed by atoms with Crippen LogP contribution in [0.3, 0.4) is 0 Å². The summed E-state index contributed by atoms with van der Waals surface area (Å²) >= 11 is 5.19. The fourth-order valence-electron chi connectivity index (χ4n) is 3.18. The van der Waals surface area contributed by atoms with Crippen molar-refractivity contribution in [1.82, 2.24) is 5.32 Å². The lowest BCUT2D eigenvalue weighted by molar-refractivity contribution is -1.02. The molecular formula is C18H24BrN3OS+2. The molecule has 1 saturated heterocycles. The minimum absolute atomic E-state index is 0.00297. The van der Waals surface area contributed by atoms with Crippen molar-refractivity contribution in [2.45, 2.75) is 6.04 Å². The Morgan fingerprint density at radius 1 is 1.21 bits per heavy atom. The van der Waals surface area contributed by atoms with Crippen molar-refractivity contribution in [3.8, 4) is 0 Å². The Bertz CT molecular complexity index is 651. The summed E-state index contributed by atoms with van der Waals surface area (Å²) in [6, 6.07) is 12.2. The maximum Gasteiger partial charge on any atom is 0.251 e. The summed E-state index contributed by atoms with van der Waals surface area (Å²) < 4.78 is 0.986. The van der Waals surface area contributed by atoms with E-state index >= 15 is 0 Å². The fraction of sp³-hybridized carbons (Fsp3) is 0.389. The lowest BCUT2D eigenvalue weighted by Gasteiger charge is -2.33. The number of piperazine rings is 1. The molecule has 0 radical (unpaired) electrons. The fourth-order valence-corrected chi connectivity index (χ4v) is 4.33. The maximum absolute atomic E-state index is 12.4. The molecule has 0 spiro atoms. The van der Waals surface area contributed by atoms with Gasteiger partial charge in [-0.2, -0.15) is 0 Å². The van der Waals surface area contributed by atoms with Gasteiger partial charge in [-0.25, -0.2) is 0 Å². The Morgan fingerprint density at radius 2 is 1.92 bits per heavy atom. The number of hydrogen-bond donors (Lipinski definition) is 3. The number of rotatable bonds is 5. The van der Waals surface area contributed by atoms with Crippen LogP contribution in [0.25, 0.3) is 0 Å². The Morgan fingerprint density at radius 3 is 2.54 bits per heavy atom. The number of benzene rings is 1. The summed E-state index contributed by atoms with van der Waals surface area (Å²) in [5, 5.41) is 5.26. The molecule has 24 heavy (non-hydrogen) atoms. The van der Waals surface area contributed by atoms with Crippen molar-refractivity contribution in [2.24, 2.45) is 0 Å². The highest BCUT2D eigenvalue weighted by Crippen LogP contribution is 2.16. The lowest BCUT2D eigenvalue weighted by Crippen LogP contribution is -3.27. The zero-order valence-electron chi connectivity index (χ0n) is 13.8. The molecule has 0 aliphatic carbocycles. The summed E-state index contributed by atoms with van der Waals surface area (Å²) in [7, 11) is 2.26. The standard InChI is InChI=1S/C18H22BrN3OS/c1-21-8-10-22(11-9-21)16(17-3-2-12-24-17)13-20-18(23)14-4-6-15(19)7-5-14/h2-7,12,16H,8-11,13H2,1H3,(H,20,23)/p+2/t16-/m1/s1. The van der Waals surface area contributed by atoms with E-state index in [4.69, 9.17) is 0 Å². The first-order valence-corrected chi connectivity index (χ1v) is 10.0. The highest BCUT2D eigenvalue weighted by molar-refractivity contribution is 9.10. The Labute approximate surface area is 155 Å². The molecule has 1 aromatic carbocycles. The van der Waals surface area contributed by atoms with Crippen LogP contribution in [0.15, 0.2) is 46.3 Å². The van der Waals surface area contributed by atoms with Crippen LogP contribution in [0.4, 0.5) is 0 Å². The van der Waals surface area contributed by atoms with Crippen molar-refractivity contribution in [3.05, 3.63) is 56.7 Å². The van der Waals surface area contributed by atoms with E-state index in [1.165, 1.54) is 18.0 Å². The molecule has 1 fully saturated rings. The van der Waals surface area contributed by atoms with Crippen molar-refractivity contribution < 1.29 is 14.6 Å². The smallest absolute Gasteiger partial charge is 0.251 e. The van der Waals surface area contributed by atoms with Crippen LogP contribution < -0.4 is 15.1 Å². The number of nitrogens with one attached hydrogen (secondary N) is 3. The van der Waals surface area contributed by atoms with E-state index < -0.39 is 0 Å². The van der Waals surface area contributed by atoms with Gasteiger partial charge >= 0.3 is 0 Å². The minimum Gasteiger partial charge on any atom is -0.346 e. The van der Waals surface area contributed by atoms with E-state index in [0.29, 0.717) is 18.2 Å². The summed E-state index contributed by atoms with van der Waals surface area (Å²) in [6.45, 7) is 5.38. The monoisotopic (exact) mass is 409 g/mol. The van der Waals surface area contributed by atoms with Gasteiger partial charge in [0.05, 0.1) is 18.5 Å². The maximum atomic E-state index is 12.4. The largest absolute Gasteiger partial charge is 0.346 e. The molecule has 6 heteroatoms. The molecule has 2 heterocycles. The average molecular weight is 410 g/mol. The average Bonchev–Trinajstić information content (AvgIpc) is 3.11. The molecule has 1 amide bonds. The third kappa shape index (κ3) is 4.45. The van der Waals surface area contributed by atoms with Gasteiger partial charge < -0.3 is 15.1 Å². The topological polar surface area (TPSA) is 38.0 Å². The zero-order valence-corrected chi connectivity index (χ0v) is 16.3. The summed E-state index contributed by atoms with van der Waals surface area (Å²) in [5.41, 5.74) is 0.709. The second-order valence-corrected chi connectivity index (χ2v) is 8.30. The predicted octanol–water partition coefficient (Wildman–Crippen LogP) is 0.395. The molecule has 4 nitrogen and oxygen atoms in total. The minimum atomic E-state index is 0.00297. The molecule has 0 bridgehead atoms. The molecule has 1 aromatic heterocycles. The van der Waals surface area contributed by atoms with Crippen LogP contribution in [0.5, 0.6) is 0 Å². The second kappa shape index (κ2) is 8.25. The Balaban J connectivity index is 1.66. The number of hydrogen-bond acceptors (Lipinski definition) is 2. The Kier molecular flexibility index (Phi) is 6.05. The number of thiophene rings is 1. The van der Waals surface area contributed by atoms with E-state index in [-0.39, 0.29) is 5.91 Å². The number of halogens is 1. The molecule has 1 aliphatic heterocycles. The Hall–Kier alpha value is -1.21. The van der Waals surface area contributed by atoms with E-state index in [1.807, 2.05) is 24.3 Å². The molecule has 0 saturated carbocycles. The molecule has 3 N–H and O–H groups in total. The van der Waals surface area contributed by atoms with Crippen molar-refractivity contribution in [2.75, 3.05) is 39.8 Å². The molecule has 128 valence electrons. The van der Waals surface area contributed by atoms with Gasteiger partial charge in [0, 0.05) is 10.0 Å². The van der Waals surface area contributed by atoms with E-state index in [1.54, 1.807) is 21.1 Å².